The maximum absolute atomic E-state index is 9.31. The minimum absolute atomic E-state index is 0.626. The predicted molar refractivity (Wildman–Crippen MR) is 109 cm³/mol. The molecule has 4 rings (SSSR count). The van der Waals surface area contributed by atoms with Crippen LogP contribution in [0.25, 0.3) is 0 Å². The van der Waals surface area contributed by atoms with Gasteiger partial charge in [0.05, 0.1) is 19.2 Å². The van der Waals surface area contributed by atoms with Crippen LogP contribution in [0.5, 0.6) is 5.75 Å². The number of ether oxygens (including phenoxy) is 1. The second-order valence-corrected chi connectivity index (χ2v) is 6.99. The van der Waals surface area contributed by atoms with Crippen molar-refractivity contribution in [3.8, 4) is 11.8 Å². The SMILES string of the molecule is COc1ccc(CN2CCN(c3ncccc3C#N)CC2)cc1Cn1cncn1. The zero-order chi connectivity index (χ0) is 20.1. The third kappa shape index (κ3) is 4.36. The number of hydrogen-bond donors (Lipinski definition) is 0. The highest BCUT2D eigenvalue weighted by Gasteiger charge is 2.20. The summed E-state index contributed by atoms with van der Waals surface area (Å²) in [6.07, 6.45) is 4.99. The van der Waals surface area contributed by atoms with Gasteiger partial charge in [0.25, 0.3) is 0 Å². The average Bonchev–Trinajstić information content (AvgIpc) is 3.28. The number of piperazine rings is 1. The minimum Gasteiger partial charge on any atom is -0.496 e. The molecule has 0 bridgehead atoms. The van der Waals surface area contributed by atoms with E-state index in [0.717, 1.165) is 49.9 Å². The first kappa shape index (κ1) is 18.9. The number of anilines is 1. The number of methoxy groups -OCH3 is 1. The normalized spacial score (nSPS) is 14.6. The van der Waals surface area contributed by atoms with Crippen LogP contribution in [0.15, 0.2) is 49.2 Å². The van der Waals surface area contributed by atoms with Crippen LogP contribution >= 0.6 is 0 Å². The van der Waals surface area contributed by atoms with Gasteiger partial charge in [-0.2, -0.15) is 10.4 Å². The molecule has 0 atom stereocenters. The number of nitrogens with zero attached hydrogens (tertiary/aromatic N) is 7. The molecule has 3 heterocycles. The fraction of sp³-hybridized carbons (Fsp3) is 0.333. The summed E-state index contributed by atoms with van der Waals surface area (Å²) in [6.45, 7) is 5.05. The first-order valence-electron chi connectivity index (χ1n) is 9.57. The van der Waals surface area contributed by atoms with Crippen LogP contribution < -0.4 is 9.64 Å². The van der Waals surface area contributed by atoms with Gasteiger partial charge in [0.1, 0.15) is 30.3 Å². The number of nitriles is 1. The van der Waals surface area contributed by atoms with E-state index in [2.05, 4.69) is 43.1 Å². The van der Waals surface area contributed by atoms with E-state index in [-0.39, 0.29) is 0 Å². The van der Waals surface area contributed by atoms with Crippen molar-refractivity contribution >= 4 is 5.82 Å². The van der Waals surface area contributed by atoms with Gasteiger partial charge in [0.15, 0.2) is 0 Å². The van der Waals surface area contributed by atoms with Crippen LogP contribution in [-0.4, -0.2) is 57.9 Å². The van der Waals surface area contributed by atoms with Crippen LogP contribution in [0.2, 0.25) is 0 Å². The number of benzene rings is 1. The Morgan fingerprint density at radius 1 is 1.14 bits per heavy atom. The summed E-state index contributed by atoms with van der Waals surface area (Å²) < 4.78 is 7.30. The lowest BCUT2D eigenvalue weighted by atomic mass is 10.1. The van der Waals surface area contributed by atoms with Gasteiger partial charge in [-0.15, -0.1) is 0 Å². The fourth-order valence-electron chi connectivity index (χ4n) is 3.65. The lowest BCUT2D eigenvalue weighted by Crippen LogP contribution is -2.46. The lowest BCUT2D eigenvalue weighted by Gasteiger charge is -2.35. The molecule has 0 spiro atoms. The van der Waals surface area contributed by atoms with Crippen molar-refractivity contribution in [2.24, 2.45) is 0 Å². The summed E-state index contributed by atoms with van der Waals surface area (Å²) in [4.78, 5) is 13.0. The molecule has 29 heavy (non-hydrogen) atoms. The van der Waals surface area contributed by atoms with Crippen molar-refractivity contribution in [2.75, 3.05) is 38.2 Å². The average molecular weight is 389 g/mol. The topological polar surface area (TPSA) is 83.1 Å². The first-order valence-corrected chi connectivity index (χ1v) is 9.57. The summed E-state index contributed by atoms with van der Waals surface area (Å²) in [5, 5.41) is 13.5. The maximum Gasteiger partial charge on any atom is 0.146 e. The van der Waals surface area contributed by atoms with Gasteiger partial charge in [0.2, 0.25) is 0 Å². The molecular weight excluding hydrogens is 366 g/mol. The number of aromatic nitrogens is 4. The predicted octanol–water partition coefficient (Wildman–Crippen LogP) is 1.92. The van der Waals surface area contributed by atoms with Gasteiger partial charge in [0, 0.05) is 44.5 Å². The molecule has 1 aliphatic rings. The molecule has 1 fully saturated rings. The Morgan fingerprint density at radius 2 is 2.00 bits per heavy atom. The molecule has 0 amide bonds. The molecule has 0 saturated carbocycles. The summed E-state index contributed by atoms with van der Waals surface area (Å²) >= 11 is 0. The highest BCUT2D eigenvalue weighted by molar-refractivity contribution is 5.53. The standard InChI is InChI=1S/C21H23N7O/c1-29-20-5-4-17(11-19(20)14-28-16-23-15-25-28)13-26-7-9-27(10-8-26)21-18(12-22)3-2-6-24-21/h2-6,11,15-16H,7-10,13-14H2,1H3. The van der Waals surface area contributed by atoms with Gasteiger partial charge >= 0.3 is 0 Å². The van der Waals surface area contributed by atoms with E-state index < -0.39 is 0 Å². The van der Waals surface area contributed by atoms with Crippen LogP contribution in [0.1, 0.15) is 16.7 Å². The molecule has 8 nitrogen and oxygen atoms in total. The monoisotopic (exact) mass is 389 g/mol. The fourth-order valence-corrected chi connectivity index (χ4v) is 3.65. The molecule has 0 unspecified atom stereocenters. The summed E-state index contributed by atoms with van der Waals surface area (Å²) in [5.41, 5.74) is 2.96. The van der Waals surface area contributed by atoms with Crippen LogP contribution in [0.3, 0.4) is 0 Å². The molecule has 2 aromatic heterocycles. The molecule has 1 aromatic carbocycles. The Kier molecular flexibility index (Phi) is 5.68. The second-order valence-electron chi connectivity index (χ2n) is 6.99. The van der Waals surface area contributed by atoms with E-state index in [4.69, 9.17) is 4.74 Å². The maximum atomic E-state index is 9.31. The van der Waals surface area contributed by atoms with E-state index in [0.29, 0.717) is 12.1 Å². The molecule has 0 N–H and O–H groups in total. The van der Waals surface area contributed by atoms with Crippen molar-refractivity contribution < 1.29 is 4.74 Å². The Labute approximate surface area is 170 Å². The van der Waals surface area contributed by atoms with Crippen molar-refractivity contribution in [1.82, 2.24) is 24.6 Å². The quantitative estimate of drug-likeness (QED) is 0.637. The third-order valence-electron chi connectivity index (χ3n) is 5.13. The summed E-state index contributed by atoms with van der Waals surface area (Å²) in [5.74, 6) is 1.64. The Morgan fingerprint density at radius 3 is 2.72 bits per heavy atom. The van der Waals surface area contributed by atoms with E-state index in [1.807, 2.05) is 12.1 Å². The lowest BCUT2D eigenvalue weighted by molar-refractivity contribution is 0.249. The van der Waals surface area contributed by atoms with Gasteiger partial charge in [-0.25, -0.2) is 14.6 Å². The van der Waals surface area contributed by atoms with E-state index >= 15 is 0 Å². The van der Waals surface area contributed by atoms with Crippen molar-refractivity contribution in [2.45, 2.75) is 13.1 Å². The highest BCUT2D eigenvalue weighted by Crippen LogP contribution is 2.23. The van der Waals surface area contributed by atoms with Crippen LogP contribution in [0.4, 0.5) is 5.82 Å². The molecule has 3 aromatic rings. The Balaban J connectivity index is 1.41. The smallest absolute Gasteiger partial charge is 0.146 e. The molecule has 8 heteroatoms. The number of pyridine rings is 1. The highest BCUT2D eigenvalue weighted by atomic mass is 16.5. The third-order valence-corrected chi connectivity index (χ3v) is 5.13. The molecular formula is C21H23N7O. The number of hydrogen-bond acceptors (Lipinski definition) is 7. The van der Waals surface area contributed by atoms with Crippen LogP contribution in [0, 0.1) is 11.3 Å². The molecule has 148 valence electrons. The van der Waals surface area contributed by atoms with E-state index in [9.17, 15) is 5.26 Å². The largest absolute Gasteiger partial charge is 0.496 e. The minimum atomic E-state index is 0.626. The Hall–Kier alpha value is -3.44. The van der Waals surface area contributed by atoms with Gasteiger partial charge in [-0.3, -0.25) is 4.90 Å². The zero-order valence-electron chi connectivity index (χ0n) is 16.4. The van der Waals surface area contributed by atoms with Crippen LogP contribution in [-0.2, 0) is 13.1 Å². The van der Waals surface area contributed by atoms with Gasteiger partial charge in [-0.1, -0.05) is 6.07 Å². The van der Waals surface area contributed by atoms with Crippen molar-refractivity contribution in [1.29, 1.82) is 5.26 Å². The summed E-state index contributed by atoms with van der Waals surface area (Å²) in [7, 11) is 1.69. The molecule has 1 aliphatic heterocycles. The van der Waals surface area contributed by atoms with E-state index in [1.165, 1.54) is 11.9 Å². The van der Waals surface area contributed by atoms with Crippen molar-refractivity contribution in [3.05, 3.63) is 65.9 Å². The molecule has 1 saturated heterocycles. The van der Waals surface area contributed by atoms with Gasteiger partial charge in [-0.05, 0) is 29.8 Å². The molecule has 0 radical (unpaired) electrons. The number of rotatable bonds is 6. The van der Waals surface area contributed by atoms with Gasteiger partial charge < -0.3 is 9.64 Å². The second kappa shape index (κ2) is 8.71. The zero-order valence-corrected chi connectivity index (χ0v) is 16.4. The van der Waals surface area contributed by atoms with E-state index in [1.54, 1.807) is 30.4 Å². The van der Waals surface area contributed by atoms with Crippen molar-refractivity contribution in [3.63, 3.8) is 0 Å². The Bertz CT molecular complexity index is 989. The summed E-state index contributed by atoms with van der Waals surface area (Å²) in [6, 6.07) is 12.2. The molecule has 0 aliphatic carbocycles. The first-order chi connectivity index (χ1) is 14.3.